The summed E-state index contributed by atoms with van der Waals surface area (Å²) in [6, 6.07) is 39.3. The molecule has 6 heteroatoms. The number of halogens is 3. The van der Waals surface area contributed by atoms with E-state index in [4.69, 9.17) is 0 Å². The predicted octanol–water partition coefficient (Wildman–Crippen LogP) is 18.0. The Morgan fingerprint density at radius 1 is 0.293 bits per heavy atom. The Bertz CT molecular complexity index is 2530. The van der Waals surface area contributed by atoms with Crippen LogP contribution in [0.2, 0.25) is 0 Å². The van der Waals surface area contributed by atoms with E-state index in [1.54, 1.807) is 44.5 Å². The number of hydrogen-bond acceptors (Lipinski definition) is 0. The van der Waals surface area contributed by atoms with Gasteiger partial charge in [-0.05, 0) is 203 Å². The minimum absolute atomic E-state index is 1.09. The number of aryl methyl sites for hydroxylation is 11. The van der Waals surface area contributed by atoms with Crippen LogP contribution in [-0.4, -0.2) is 16.0 Å². The van der Waals surface area contributed by atoms with Crippen molar-refractivity contribution in [3.63, 3.8) is 0 Å². The van der Waals surface area contributed by atoms with Gasteiger partial charge in [-0.2, -0.15) is 0 Å². The lowest BCUT2D eigenvalue weighted by molar-refractivity contribution is -0.697. The lowest BCUT2D eigenvalue weighted by Crippen LogP contribution is -2.34. The van der Waals surface area contributed by atoms with Crippen LogP contribution >= 0.6 is 47.8 Å². The molecule has 0 fully saturated rings. The molecule has 75 heavy (non-hydrogen) atoms. The van der Waals surface area contributed by atoms with Gasteiger partial charge >= 0.3 is 0 Å². The van der Waals surface area contributed by atoms with Crippen LogP contribution in [0.5, 0.6) is 0 Å². The van der Waals surface area contributed by atoms with Gasteiger partial charge in [-0.1, -0.05) is 140 Å². The highest BCUT2D eigenvalue weighted by Crippen LogP contribution is 2.22. The molecule has 0 bridgehead atoms. The average molecular weight is 1200 g/mol. The van der Waals surface area contributed by atoms with Gasteiger partial charge in [-0.15, -0.1) is 0 Å². The largest absolute Gasteiger partial charge is 0.205 e. The molecule has 0 unspecified atom stereocenters. The van der Waals surface area contributed by atoms with Gasteiger partial charge in [0.25, 0.3) is 0 Å². The Balaban J connectivity index is 0.000000288. The Morgan fingerprint density at radius 3 is 0.960 bits per heavy atom. The van der Waals surface area contributed by atoms with Gasteiger partial charge in [0.1, 0.15) is 19.6 Å². The van der Waals surface area contributed by atoms with Crippen molar-refractivity contribution in [3.05, 3.63) is 185 Å². The molecule has 3 heterocycles. The maximum atomic E-state index is 3.53. The summed E-state index contributed by atoms with van der Waals surface area (Å²) in [5.74, 6) is 0. The molecule has 3 aromatic heterocycles. The van der Waals surface area contributed by atoms with Crippen LogP contribution in [-0.2, 0) is 71.0 Å². The second kappa shape index (κ2) is 34.9. The fourth-order valence-electron chi connectivity index (χ4n) is 11.2. The van der Waals surface area contributed by atoms with E-state index in [1.165, 1.54) is 201 Å². The van der Waals surface area contributed by atoms with Crippen molar-refractivity contribution in [2.75, 3.05) is 16.0 Å². The summed E-state index contributed by atoms with van der Waals surface area (Å²) in [4.78, 5) is 0. The highest BCUT2D eigenvalue weighted by Gasteiger charge is 2.14. The van der Waals surface area contributed by atoms with Gasteiger partial charge in [0.05, 0.1) is 0 Å². The van der Waals surface area contributed by atoms with Crippen LogP contribution in [0.25, 0.3) is 21.5 Å². The van der Waals surface area contributed by atoms with Crippen LogP contribution in [0, 0.1) is 0 Å². The molecule has 0 spiro atoms. The van der Waals surface area contributed by atoms with Crippen molar-refractivity contribution < 1.29 is 13.7 Å². The Kier molecular flexibility index (Phi) is 27.5. The maximum Gasteiger partial charge on any atom is 0.176 e. The smallest absolute Gasteiger partial charge is 0.176 e. The molecule has 3 nitrogen and oxygen atoms in total. The molecule has 1 aliphatic rings. The summed E-state index contributed by atoms with van der Waals surface area (Å²) >= 11 is 10.6. The number of fused-ring (bicyclic) bond motifs is 3. The number of nitrogens with zero attached hydrogens (tertiary/aromatic N) is 3. The minimum atomic E-state index is 1.09. The van der Waals surface area contributed by atoms with Gasteiger partial charge in [0.2, 0.25) is 0 Å². The number of pyridine rings is 3. The molecular formula is C69H91Br3N3+3. The first-order valence-electron chi connectivity index (χ1n) is 29.7. The van der Waals surface area contributed by atoms with Crippen LogP contribution < -0.4 is 13.7 Å². The zero-order valence-corrected chi connectivity index (χ0v) is 50.6. The lowest BCUT2D eigenvalue weighted by atomic mass is 9.93. The molecule has 0 radical (unpaired) electrons. The monoisotopic (exact) mass is 1200 g/mol. The van der Waals surface area contributed by atoms with Crippen molar-refractivity contribution in [3.8, 4) is 0 Å². The summed E-state index contributed by atoms with van der Waals surface area (Å²) in [6.07, 6.45) is 49.6. The number of rotatable bonds is 33. The fourth-order valence-corrected chi connectivity index (χ4v) is 12.4. The molecule has 0 N–H and O–H groups in total. The van der Waals surface area contributed by atoms with E-state index in [1.807, 2.05) is 0 Å². The number of benzene rings is 4. The average Bonchev–Trinajstić information content (AvgIpc) is 3.44. The van der Waals surface area contributed by atoms with Gasteiger partial charge < -0.3 is 0 Å². The quantitative estimate of drug-likeness (QED) is 0.0221. The minimum Gasteiger partial charge on any atom is -0.205 e. The first-order valence-corrected chi connectivity index (χ1v) is 33.1. The van der Waals surface area contributed by atoms with E-state index in [0.29, 0.717) is 0 Å². The van der Waals surface area contributed by atoms with Crippen molar-refractivity contribution in [2.45, 2.75) is 199 Å². The van der Waals surface area contributed by atoms with Crippen LogP contribution in [0.15, 0.2) is 140 Å². The summed E-state index contributed by atoms with van der Waals surface area (Å²) < 4.78 is 7.17. The SMILES string of the molecule is BrCCCCCc1cc(CCCCCBr)cc(CCCCCBr)c1.c1ccc2c[n+](CCCCCc3cc(CCCCC[n+]4ccc5c(c4)CCCC5)cc(CCCCC[n+]4ccc5ccccc5c4)c3)ccc2c1. The summed E-state index contributed by atoms with van der Waals surface area (Å²) in [5.41, 5.74) is 12.5. The van der Waals surface area contributed by atoms with E-state index in [2.05, 4.69) is 202 Å². The van der Waals surface area contributed by atoms with Gasteiger partial charge in [-0.25, -0.2) is 13.7 Å². The fraction of sp³-hybridized carbons (Fsp3) is 0.493. The van der Waals surface area contributed by atoms with Crippen molar-refractivity contribution in [1.82, 2.24) is 0 Å². The molecule has 0 saturated heterocycles. The van der Waals surface area contributed by atoms with E-state index in [9.17, 15) is 0 Å². The zero-order chi connectivity index (χ0) is 52.0. The van der Waals surface area contributed by atoms with Crippen LogP contribution in [0.4, 0.5) is 0 Å². The second-order valence-electron chi connectivity index (χ2n) is 21.8. The summed E-state index contributed by atoms with van der Waals surface area (Å²) in [5, 5.41) is 8.71. The molecule has 4 aromatic carbocycles. The topological polar surface area (TPSA) is 11.6 Å². The third-order valence-corrected chi connectivity index (χ3v) is 17.2. The highest BCUT2D eigenvalue weighted by molar-refractivity contribution is 9.09. The molecule has 7 aromatic rings. The molecule has 0 aliphatic heterocycles. The van der Waals surface area contributed by atoms with Gasteiger partial charge in [0.15, 0.2) is 37.2 Å². The molecule has 0 atom stereocenters. The Hall–Kier alpha value is -3.71. The third-order valence-electron chi connectivity index (χ3n) is 15.5. The van der Waals surface area contributed by atoms with Crippen LogP contribution in [0.1, 0.15) is 173 Å². The molecule has 0 saturated carbocycles. The maximum absolute atomic E-state index is 3.53. The van der Waals surface area contributed by atoms with E-state index >= 15 is 0 Å². The molecule has 400 valence electrons. The van der Waals surface area contributed by atoms with Gasteiger partial charge in [0, 0.05) is 69.8 Å². The molecule has 1 aliphatic carbocycles. The third kappa shape index (κ3) is 21.9. The first kappa shape index (κ1) is 59.0. The lowest BCUT2D eigenvalue weighted by Gasteiger charge is -2.13. The highest BCUT2D eigenvalue weighted by atomic mass is 79.9. The van der Waals surface area contributed by atoms with E-state index in [-0.39, 0.29) is 0 Å². The number of alkyl halides is 3. The Labute approximate surface area is 479 Å². The van der Waals surface area contributed by atoms with E-state index < -0.39 is 0 Å². The molecular weight excluding hydrogens is 1110 g/mol. The standard InChI is InChI=1S/C48H58N3.C21H33Br3/c1(13-28-49-31-25-43-19-7-10-22-46(43)37-49)4-16-40-34-41(17-5-2-14-29-50-32-26-44-20-8-11-23-47(44)38-50)36-42(35-40)18-6-3-15-30-51-33-27-45-21-9-12-24-48(45)39-51;22-13-7-1-4-10-19-16-20(11-5-2-8-14-23)18-21(17-19)12-6-3-9-15-24/h7-8,10-11,19-20,22-23,25-27,31-39H,1-6,9,12-18,21,24,28-30H2;16-18H,1-15H2/q+3;. The molecule has 8 rings (SSSR count). The summed E-state index contributed by atoms with van der Waals surface area (Å²) in [7, 11) is 0. The first-order chi connectivity index (χ1) is 37.0. The van der Waals surface area contributed by atoms with Crippen molar-refractivity contribution in [2.24, 2.45) is 0 Å². The normalized spacial score (nSPS) is 12.3. The van der Waals surface area contributed by atoms with Crippen molar-refractivity contribution >= 4 is 69.3 Å². The Morgan fingerprint density at radius 2 is 0.600 bits per heavy atom. The number of unbranched alkanes of at least 4 members (excludes halogenated alkanes) is 12. The number of aromatic nitrogens is 3. The number of hydrogen-bond donors (Lipinski definition) is 0. The van der Waals surface area contributed by atoms with Crippen molar-refractivity contribution in [1.29, 1.82) is 0 Å². The van der Waals surface area contributed by atoms with E-state index in [0.717, 1.165) is 35.6 Å². The molecule has 0 amide bonds. The predicted molar refractivity (Wildman–Crippen MR) is 331 cm³/mol. The van der Waals surface area contributed by atoms with Crippen LogP contribution in [0.3, 0.4) is 0 Å². The zero-order valence-electron chi connectivity index (χ0n) is 45.8. The summed E-state index contributed by atoms with van der Waals surface area (Å²) in [6.45, 7) is 3.34. The van der Waals surface area contributed by atoms with Gasteiger partial charge in [-0.3, -0.25) is 0 Å². The second-order valence-corrected chi connectivity index (χ2v) is 24.2.